The molecule has 0 N–H and O–H groups in total. The highest BCUT2D eigenvalue weighted by Gasteiger charge is 2.30. The molecular weight excluding hydrogens is 262 g/mol. The number of aromatic nitrogens is 2. The molecule has 1 aromatic rings. The van der Waals surface area contributed by atoms with E-state index in [2.05, 4.69) is 19.8 Å². The van der Waals surface area contributed by atoms with Crippen LogP contribution in [0, 0.1) is 0 Å². The Morgan fingerprint density at radius 3 is 3.10 bits per heavy atom. The summed E-state index contributed by atoms with van der Waals surface area (Å²) in [4.78, 5) is 17.9. The minimum atomic E-state index is -0.243. The highest BCUT2D eigenvalue weighted by Crippen LogP contribution is 2.38. The Kier molecular flexibility index (Phi) is 3.98. The van der Waals surface area contributed by atoms with Crippen molar-refractivity contribution in [1.29, 1.82) is 0 Å². The van der Waals surface area contributed by atoms with E-state index in [9.17, 15) is 4.79 Å². The smallest absolute Gasteiger partial charge is 0.308 e. The van der Waals surface area contributed by atoms with E-state index in [1.54, 1.807) is 0 Å². The number of hydrogen-bond donors (Lipinski definition) is 0. The largest absolute Gasteiger partial charge is 0.469 e. The molecule has 110 valence electrons. The fourth-order valence-corrected chi connectivity index (χ4v) is 2.34. The van der Waals surface area contributed by atoms with Crippen molar-refractivity contribution < 1.29 is 18.8 Å². The number of methoxy groups -OCH3 is 1. The Bertz CT molecular complexity index is 472. The molecular formula is C13H19N3O4. The molecule has 1 atom stereocenters. The maximum absolute atomic E-state index is 11.3. The molecule has 1 saturated carbocycles. The second-order valence-electron chi connectivity index (χ2n) is 5.33. The molecule has 2 aliphatic rings. The van der Waals surface area contributed by atoms with Gasteiger partial charge < -0.3 is 14.0 Å². The van der Waals surface area contributed by atoms with Gasteiger partial charge in [-0.2, -0.15) is 4.98 Å². The van der Waals surface area contributed by atoms with E-state index >= 15 is 0 Å². The lowest BCUT2D eigenvalue weighted by molar-refractivity contribution is -0.145. The Balaban J connectivity index is 1.52. The van der Waals surface area contributed by atoms with Gasteiger partial charge in [0.15, 0.2) is 5.82 Å². The van der Waals surface area contributed by atoms with E-state index in [-0.39, 0.29) is 18.5 Å². The SMILES string of the molecule is COC(=O)CC1CN(Cc2noc(C3CC3)n2)CCO1. The van der Waals surface area contributed by atoms with Gasteiger partial charge in [0.25, 0.3) is 0 Å². The summed E-state index contributed by atoms with van der Waals surface area (Å²) in [6, 6.07) is 0. The van der Waals surface area contributed by atoms with Crippen LogP contribution in [0.4, 0.5) is 0 Å². The van der Waals surface area contributed by atoms with Crippen molar-refractivity contribution in [2.45, 2.75) is 37.8 Å². The first-order valence-corrected chi connectivity index (χ1v) is 6.98. The van der Waals surface area contributed by atoms with Gasteiger partial charge in [-0.1, -0.05) is 5.16 Å². The number of hydrogen-bond acceptors (Lipinski definition) is 7. The molecule has 0 radical (unpaired) electrons. The molecule has 0 amide bonds. The molecule has 2 heterocycles. The number of nitrogens with zero attached hydrogens (tertiary/aromatic N) is 3. The Hall–Kier alpha value is -1.47. The van der Waals surface area contributed by atoms with Crippen molar-refractivity contribution in [2.75, 3.05) is 26.8 Å². The third kappa shape index (κ3) is 3.34. The van der Waals surface area contributed by atoms with Gasteiger partial charge in [0.1, 0.15) is 0 Å². The van der Waals surface area contributed by atoms with Crippen LogP contribution in [0.15, 0.2) is 4.52 Å². The molecule has 1 saturated heterocycles. The maximum Gasteiger partial charge on any atom is 0.308 e. The first-order chi connectivity index (χ1) is 9.74. The zero-order chi connectivity index (χ0) is 13.9. The van der Waals surface area contributed by atoms with Gasteiger partial charge in [-0.25, -0.2) is 0 Å². The van der Waals surface area contributed by atoms with E-state index in [1.165, 1.54) is 7.11 Å². The first-order valence-electron chi connectivity index (χ1n) is 6.98. The molecule has 20 heavy (non-hydrogen) atoms. The molecule has 7 heteroatoms. The fourth-order valence-electron chi connectivity index (χ4n) is 2.34. The molecule has 1 unspecified atom stereocenters. The summed E-state index contributed by atoms with van der Waals surface area (Å²) in [5.74, 6) is 1.71. The standard InChI is InChI=1S/C13H19N3O4/c1-18-12(17)6-10-7-16(4-5-19-10)8-11-14-13(20-15-11)9-2-3-9/h9-10H,2-8H2,1H3. The van der Waals surface area contributed by atoms with Crippen LogP contribution >= 0.6 is 0 Å². The van der Waals surface area contributed by atoms with Crippen LogP contribution in [0.5, 0.6) is 0 Å². The van der Waals surface area contributed by atoms with Gasteiger partial charge in [-0.05, 0) is 12.8 Å². The van der Waals surface area contributed by atoms with Crippen molar-refractivity contribution in [3.63, 3.8) is 0 Å². The van der Waals surface area contributed by atoms with E-state index in [4.69, 9.17) is 9.26 Å². The molecule has 1 aliphatic heterocycles. The average molecular weight is 281 g/mol. The Labute approximate surface area is 117 Å². The van der Waals surface area contributed by atoms with E-state index < -0.39 is 0 Å². The lowest BCUT2D eigenvalue weighted by Gasteiger charge is -2.31. The van der Waals surface area contributed by atoms with Crippen LogP contribution in [0.25, 0.3) is 0 Å². The monoisotopic (exact) mass is 281 g/mol. The molecule has 0 spiro atoms. The lowest BCUT2D eigenvalue weighted by Crippen LogP contribution is -2.43. The van der Waals surface area contributed by atoms with E-state index in [1.807, 2.05) is 0 Å². The number of rotatable bonds is 5. The quantitative estimate of drug-likeness (QED) is 0.735. The average Bonchev–Trinajstić information content (AvgIpc) is 3.20. The van der Waals surface area contributed by atoms with Crippen LogP contribution in [0.3, 0.4) is 0 Å². The Morgan fingerprint density at radius 2 is 2.35 bits per heavy atom. The van der Waals surface area contributed by atoms with Crippen molar-refractivity contribution in [1.82, 2.24) is 15.0 Å². The van der Waals surface area contributed by atoms with Crippen LogP contribution < -0.4 is 0 Å². The normalized spacial score (nSPS) is 23.8. The fraction of sp³-hybridized carbons (Fsp3) is 0.769. The second kappa shape index (κ2) is 5.88. The third-order valence-electron chi connectivity index (χ3n) is 3.62. The number of ether oxygens (including phenoxy) is 2. The second-order valence-corrected chi connectivity index (χ2v) is 5.33. The summed E-state index contributed by atoms with van der Waals surface area (Å²) in [6.07, 6.45) is 2.47. The maximum atomic E-state index is 11.3. The van der Waals surface area contributed by atoms with Crippen molar-refractivity contribution >= 4 is 5.97 Å². The van der Waals surface area contributed by atoms with Gasteiger partial charge in [0.2, 0.25) is 5.89 Å². The van der Waals surface area contributed by atoms with Crippen LogP contribution in [0.2, 0.25) is 0 Å². The molecule has 7 nitrogen and oxygen atoms in total. The zero-order valence-corrected chi connectivity index (χ0v) is 11.6. The highest BCUT2D eigenvalue weighted by molar-refractivity contribution is 5.69. The zero-order valence-electron chi connectivity index (χ0n) is 11.6. The topological polar surface area (TPSA) is 77.7 Å². The van der Waals surface area contributed by atoms with Crippen LogP contribution in [0.1, 0.15) is 36.9 Å². The summed E-state index contributed by atoms with van der Waals surface area (Å²) in [6.45, 7) is 2.74. The summed E-state index contributed by atoms with van der Waals surface area (Å²) in [5, 5.41) is 4.01. The number of carbonyl (C=O) groups excluding carboxylic acids is 1. The summed E-state index contributed by atoms with van der Waals surface area (Å²) in [7, 11) is 1.39. The predicted molar refractivity (Wildman–Crippen MR) is 67.9 cm³/mol. The Morgan fingerprint density at radius 1 is 1.50 bits per heavy atom. The molecule has 0 aromatic carbocycles. The summed E-state index contributed by atoms with van der Waals surface area (Å²) < 4.78 is 15.5. The number of esters is 1. The van der Waals surface area contributed by atoms with Crippen molar-refractivity contribution in [3.8, 4) is 0 Å². The van der Waals surface area contributed by atoms with E-state index in [0.29, 0.717) is 31.4 Å². The molecule has 2 fully saturated rings. The predicted octanol–water partition coefficient (Wildman–Crippen LogP) is 0.711. The molecule has 0 bridgehead atoms. The van der Waals surface area contributed by atoms with Gasteiger partial charge >= 0.3 is 5.97 Å². The van der Waals surface area contributed by atoms with Gasteiger partial charge in [0.05, 0.1) is 32.8 Å². The number of carbonyl (C=O) groups is 1. The van der Waals surface area contributed by atoms with Gasteiger partial charge in [-0.3, -0.25) is 9.69 Å². The molecule has 1 aliphatic carbocycles. The third-order valence-corrected chi connectivity index (χ3v) is 3.62. The minimum absolute atomic E-state index is 0.119. The van der Waals surface area contributed by atoms with Crippen LogP contribution in [-0.2, 0) is 20.8 Å². The number of morpholine rings is 1. The van der Waals surface area contributed by atoms with Gasteiger partial charge in [0, 0.05) is 19.0 Å². The van der Waals surface area contributed by atoms with Crippen LogP contribution in [-0.4, -0.2) is 53.9 Å². The van der Waals surface area contributed by atoms with Gasteiger partial charge in [-0.15, -0.1) is 0 Å². The summed E-state index contributed by atoms with van der Waals surface area (Å²) >= 11 is 0. The molecule has 1 aromatic heterocycles. The van der Waals surface area contributed by atoms with E-state index in [0.717, 1.165) is 25.3 Å². The van der Waals surface area contributed by atoms with Crippen molar-refractivity contribution in [2.24, 2.45) is 0 Å². The highest BCUT2D eigenvalue weighted by atomic mass is 16.5. The minimum Gasteiger partial charge on any atom is -0.469 e. The van der Waals surface area contributed by atoms with Crippen molar-refractivity contribution in [3.05, 3.63) is 11.7 Å². The lowest BCUT2D eigenvalue weighted by atomic mass is 10.2. The molecule has 3 rings (SSSR count). The first kappa shape index (κ1) is 13.5. The summed E-state index contributed by atoms with van der Waals surface area (Å²) in [5.41, 5.74) is 0.